The topological polar surface area (TPSA) is 59.4 Å². The van der Waals surface area contributed by atoms with Gasteiger partial charge in [0.25, 0.3) is 5.56 Å². The predicted octanol–water partition coefficient (Wildman–Crippen LogP) is 1.65. The third kappa shape index (κ3) is 5.41. The van der Waals surface area contributed by atoms with Crippen molar-refractivity contribution in [3.05, 3.63) is 21.0 Å². The second kappa shape index (κ2) is 8.51. The van der Waals surface area contributed by atoms with Crippen LogP contribution in [0.1, 0.15) is 13.8 Å². The van der Waals surface area contributed by atoms with E-state index in [1.165, 1.54) is 4.68 Å². The zero-order chi connectivity index (χ0) is 16.0. The smallest absolute Gasteiger partial charge is 0.283 e. The van der Waals surface area contributed by atoms with Crippen LogP contribution in [0.25, 0.3) is 0 Å². The van der Waals surface area contributed by atoms with Gasteiger partial charge in [-0.15, -0.1) is 0 Å². The Bertz CT molecular complexity index is 502. The van der Waals surface area contributed by atoms with E-state index in [0.717, 1.165) is 12.2 Å². The molecule has 21 heavy (non-hydrogen) atoms. The molecule has 0 aliphatic carbocycles. The van der Waals surface area contributed by atoms with Crippen LogP contribution in [0.3, 0.4) is 0 Å². The number of rotatable bonds is 8. The molecule has 1 aromatic heterocycles. The van der Waals surface area contributed by atoms with Crippen LogP contribution in [-0.2, 0) is 11.3 Å². The quantitative estimate of drug-likeness (QED) is 0.763. The first-order chi connectivity index (χ1) is 9.86. The highest BCUT2D eigenvalue weighted by Crippen LogP contribution is 2.19. The molecule has 1 atom stereocenters. The normalized spacial score (nSPS) is 13.0. The number of ether oxygens (including phenoxy) is 1. The molecule has 0 amide bonds. The summed E-state index contributed by atoms with van der Waals surface area (Å²) in [7, 11) is 5.67. The Labute approximate surface area is 134 Å². The van der Waals surface area contributed by atoms with Gasteiger partial charge in [0.1, 0.15) is 4.47 Å². The van der Waals surface area contributed by atoms with Crippen LogP contribution in [-0.4, -0.2) is 55.1 Å². The van der Waals surface area contributed by atoms with Gasteiger partial charge in [0.15, 0.2) is 0 Å². The number of hydrogen-bond acceptors (Lipinski definition) is 5. The molecule has 0 radical (unpaired) electrons. The molecular weight excluding hydrogens is 336 g/mol. The lowest BCUT2D eigenvalue weighted by Gasteiger charge is -2.27. The Morgan fingerprint density at radius 1 is 1.48 bits per heavy atom. The number of nitrogens with zero attached hydrogens (tertiary/aromatic N) is 3. The van der Waals surface area contributed by atoms with E-state index in [1.54, 1.807) is 13.3 Å². The van der Waals surface area contributed by atoms with Gasteiger partial charge >= 0.3 is 0 Å². The number of likely N-dealkylation sites (N-methyl/N-ethyl adjacent to an activating group) is 1. The minimum atomic E-state index is -0.149. The van der Waals surface area contributed by atoms with E-state index in [0.29, 0.717) is 23.5 Å². The van der Waals surface area contributed by atoms with Crippen molar-refractivity contribution in [3.8, 4) is 0 Å². The van der Waals surface area contributed by atoms with E-state index < -0.39 is 0 Å². The zero-order valence-electron chi connectivity index (χ0n) is 13.4. The van der Waals surface area contributed by atoms with Gasteiger partial charge in [-0.05, 0) is 35.9 Å². The van der Waals surface area contributed by atoms with Gasteiger partial charge in [-0.3, -0.25) is 4.79 Å². The van der Waals surface area contributed by atoms with Gasteiger partial charge in [-0.1, -0.05) is 13.8 Å². The monoisotopic (exact) mass is 360 g/mol. The van der Waals surface area contributed by atoms with Crippen LogP contribution in [0.2, 0.25) is 0 Å². The van der Waals surface area contributed by atoms with Crippen molar-refractivity contribution in [3.63, 3.8) is 0 Å². The van der Waals surface area contributed by atoms with Gasteiger partial charge in [-0.2, -0.15) is 5.10 Å². The average molecular weight is 361 g/mol. The molecule has 0 spiro atoms. The van der Waals surface area contributed by atoms with Gasteiger partial charge in [-0.25, -0.2) is 4.68 Å². The van der Waals surface area contributed by atoms with Crippen molar-refractivity contribution in [2.24, 2.45) is 5.92 Å². The summed E-state index contributed by atoms with van der Waals surface area (Å²) in [4.78, 5) is 14.3. The van der Waals surface area contributed by atoms with Crippen molar-refractivity contribution < 1.29 is 4.74 Å². The summed E-state index contributed by atoms with van der Waals surface area (Å²) in [5, 5.41) is 7.59. The van der Waals surface area contributed by atoms with Crippen molar-refractivity contribution in [2.75, 3.05) is 39.7 Å². The van der Waals surface area contributed by atoms with Crippen LogP contribution in [0.4, 0.5) is 5.69 Å². The molecule has 0 aliphatic rings. The molecule has 1 heterocycles. The molecule has 0 fully saturated rings. The summed E-state index contributed by atoms with van der Waals surface area (Å²) in [5.41, 5.74) is 0.582. The fourth-order valence-corrected chi connectivity index (χ4v) is 2.34. The fourth-order valence-electron chi connectivity index (χ4n) is 1.92. The summed E-state index contributed by atoms with van der Waals surface area (Å²) < 4.78 is 6.88. The maximum Gasteiger partial charge on any atom is 0.283 e. The molecule has 1 unspecified atom stereocenters. The molecule has 120 valence electrons. The number of anilines is 1. The van der Waals surface area contributed by atoms with Crippen molar-refractivity contribution in [1.82, 2.24) is 14.7 Å². The lowest BCUT2D eigenvalue weighted by molar-refractivity contribution is 0.181. The molecule has 1 rings (SSSR count). The van der Waals surface area contributed by atoms with Crippen LogP contribution in [0, 0.1) is 5.92 Å². The summed E-state index contributed by atoms with van der Waals surface area (Å²) in [6.07, 6.45) is 1.69. The molecule has 0 aromatic carbocycles. The first-order valence-electron chi connectivity index (χ1n) is 7.02. The zero-order valence-corrected chi connectivity index (χ0v) is 15.0. The SMILES string of the molecule is COCCn1ncc(NC(CN(C)C)C(C)C)c(Br)c1=O. The summed E-state index contributed by atoms with van der Waals surface area (Å²) in [6, 6.07) is 0.243. The fraction of sp³-hybridized carbons (Fsp3) is 0.714. The van der Waals surface area contributed by atoms with Crippen LogP contribution in [0.5, 0.6) is 0 Å². The van der Waals surface area contributed by atoms with Crippen LogP contribution in [0.15, 0.2) is 15.5 Å². The highest BCUT2D eigenvalue weighted by Gasteiger charge is 2.17. The highest BCUT2D eigenvalue weighted by molar-refractivity contribution is 9.10. The molecule has 0 aliphatic heterocycles. The van der Waals surface area contributed by atoms with Gasteiger partial charge in [0.05, 0.1) is 25.0 Å². The van der Waals surface area contributed by atoms with Gasteiger partial charge < -0.3 is 15.0 Å². The molecule has 1 aromatic rings. The van der Waals surface area contributed by atoms with Gasteiger partial charge in [0.2, 0.25) is 0 Å². The molecule has 1 N–H and O–H groups in total. The lowest BCUT2D eigenvalue weighted by atomic mass is 10.0. The van der Waals surface area contributed by atoms with E-state index in [1.807, 2.05) is 14.1 Å². The van der Waals surface area contributed by atoms with E-state index in [9.17, 15) is 4.79 Å². The third-order valence-electron chi connectivity index (χ3n) is 3.20. The van der Waals surface area contributed by atoms with Crippen LogP contribution < -0.4 is 10.9 Å². The molecule has 0 saturated carbocycles. The second-order valence-corrected chi connectivity index (χ2v) is 6.44. The standard InChI is InChI=1S/C14H25BrN4O2/c1-10(2)12(9-18(3)4)17-11-8-16-19(6-7-21-5)14(20)13(11)15/h8,10,12,17H,6-7,9H2,1-5H3. The molecule has 7 heteroatoms. The van der Waals surface area contributed by atoms with Gasteiger partial charge in [0, 0.05) is 19.7 Å². The number of methoxy groups -OCH3 is 1. The average Bonchev–Trinajstić information content (AvgIpc) is 2.41. The van der Waals surface area contributed by atoms with Crippen LogP contribution >= 0.6 is 15.9 Å². The van der Waals surface area contributed by atoms with Crippen molar-refractivity contribution >= 4 is 21.6 Å². The summed E-state index contributed by atoms with van der Waals surface area (Å²) >= 11 is 3.38. The minimum absolute atomic E-state index is 0.149. The van der Waals surface area contributed by atoms with E-state index >= 15 is 0 Å². The number of hydrogen-bond donors (Lipinski definition) is 1. The molecule has 0 saturated heterocycles. The first kappa shape index (κ1) is 18.1. The Morgan fingerprint density at radius 3 is 2.67 bits per heavy atom. The first-order valence-corrected chi connectivity index (χ1v) is 7.82. The lowest BCUT2D eigenvalue weighted by Crippen LogP contribution is -2.37. The minimum Gasteiger partial charge on any atom is -0.383 e. The number of aromatic nitrogens is 2. The van der Waals surface area contributed by atoms with E-state index in [-0.39, 0.29) is 11.6 Å². The molecule has 6 nitrogen and oxygen atoms in total. The van der Waals surface area contributed by atoms with Crippen molar-refractivity contribution in [1.29, 1.82) is 0 Å². The van der Waals surface area contributed by atoms with Crippen molar-refractivity contribution in [2.45, 2.75) is 26.4 Å². The third-order valence-corrected chi connectivity index (χ3v) is 3.97. The van der Waals surface area contributed by atoms with E-state index in [2.05, 4.69) is 45.1 Å². The number of halogens is 1. The summed E-state index contributed by atoms with van der Waals surface area (Å²) in [6.45, 7) is 6.10. The maximum absolute atomic E-state index is 12.2. The summed E-state index contributed by atoms with van der Waals surface area (Å²) in [5.74, 6) is 0.440. The Morgan fingerprint density at radius 2 is 2.14 bits per heavy atom. The maximum atomic E-state index is 12.2. The molecular formula is C14H25BrN4O2. The van der Waals surface area contributed by atoms with E-state index in [4.69, 9.17) is 4.74 Å². The largest absolute Gasteiger partial charge is 0.383 e. The Balaban J connectivity index is 2.93. The number of nitrogens with one attached hydrogen (secondary N) is 1. The predicted molar refractivity (Wildman–Crippen MR) is 88.9 cm³/mol. The second-order valence-electron chi connectivity index (χ2n) is 5.65. The Kier molecular flexibility index (Phi) is 7.34. The highest BCUT2D eigenvalue weighted by atomic mass is 79.9. The Hall–Kier alpha value is -0.920. The molecule has 0 bridgehead atoms.